The lowest BCUT2D eigenvalue weighted by molar-refractivity contribution is 0.202. The fourth-order valence-corrected chi connectivity index (χ4v) is 3.40. The molecule has 0 saturated carbocycles. The van der Waals surface area contributed by atoms with Crippen LogP contribution in [0, 0.1) is 4.77 Å². The van der Waals surface area contributed by atoms with Crippen LogP contribution < -0.4 is 0 Å². The van der Waals surface area contributed by atoms with Gasteiger partial charge < -0.3 is 14.5 Å². The Morgan fingerprint density at radius 1 is 1.37 bits per heavy atom. The predicted octanol–water partition coefficient (Wildman–Crippen LogP) is 3.14. The van der Waals surface area contributed by atoms with Gasteiger partial charge in [0.1, 0.15) is 0 Å². The third kappa shape index (κ3) is 2.58. The molecule has 0 amide bonds. The predicted molar refractivity (Wildman–Crippen MR) is 79.9 cm³/mol. The number of nitrogens with zero attached hydrogens (tertiary/aromatic N) is 3. The van der Waals surface area contributed by atoms with E-state index in [0.29, 0.717) is 6.04 Å². The molecule has 0 radical (unpaired) electrons. The van der Waals surface area contributed by atoms with Gasteiger partial charge in [0, 0.05) is 18.8 Å². The van der Waals surface area contributed by atoms with Crippen molar-refractivity contribution in [1.29, 1.82) is 0 Å². The molecule has 0 aliphatic carbocycles. The van der Waals surface area contributed by atoms with Crippen LogP contribution in [0.25, 0.3) is 11.0 Å². The third-order valence-corrected chi connectivity index (χ3v) is 4.23. The van der Waals surface area contributed by atoms with Gasteiger partial charge >= 0.3 is 0 Å². The molecule has 0 spiro atoms. The quantitative estimate of drug-likeness (QED) is 0.875. The number of rotatable bonds is 3. The van der Waals surface area contributed by atoms with Gasteiger partial charge in [-0.2, -0.15) is 0 Å². The van der Waals surface area contributed by atoms with Crippen molar-refractivity contribution in [2.45, 2.75) is 32.2 Å². The van der Waals surface area contributed by atoms with Crippen LogP contribution in [0.4, 0.5) is 0 Å². The summed E-state index contributed by atoms with van der Waals surface area (Å²) < 4.78 is 3.02. The van der Waals surface area contributed by atoms with Crippen LogP contribution >= 0.6 is 12.2 Å². The summed E-state index contributed by atoms with van der Waals surface area (Å²) in [6.07, 6.45) is 7.71. The monoisotopic (exact) mass is 276 g/mol. The summed E-state index contributed by atoms with van der Waals surface area (Å²) in [6, 6.07) is 2.43. The first-order valence-electron chi connectivity index (χ1n) is 7.02. The van der Waals surface area contributed by atoms with Crippen molar-refractivity contribution >= 4 is 23.3 Å². The number of aromatic amines is 1. The minimum Gasteiger partial charge on any atom is -0.329 e. The number of hydrogen-bond acceptors (Lipinski definition) is 3. The van der Waals surface area contributed by atoms with Crippen LogP contribution in [0.1, 0.15) is 32.2 Å². The lowest BCUT2D eigenvalue weighted by atomic mass is 10.1. The van der Waals surface area contributed by atoms with Crippen LogP contribution in [0.3, 0.4) is 0 Å². The maximum absolute atomic E-state index is 5.46. The molecular formula is C14H20N4S. The standard InChI is InChI=1S/C14H20N4S/c1-11(10-17-7-3-2-4-8-17)18-13-5-6-15-9-12(13)16-14(18)19/h5-6,9,11H,2-4,7-8,10H2,1H3,(H,16,19). The molecule has 102 valence electrons. The molecule has 1 unspecified atom stereocenters. The van der Waals surface area contributed by atoms with Crippen molar-refractivity contribution in [2.75, 3.05) is 19.6 Å². The molecule has 3 rings (SSSR count). The van der Waals surface area contributed by atoms with Crippen LogP contribution in [0.5, 0.6) is 0 Å². The first-order chi connectivity index (χ1) is 9.25. The summed E-state index contributed by atoms with van der Waals surface area (Å²) in [5, 5.41) is 0. The van der Waals surface area contributed by atoms with Gasteiger partial charge in [-0.1, -0.05) is 6.42 Å². The first-order valence-corrected chi connectivity index (χ1v) is 7.43. The van der Waals surface area contributed by atoms with Crippen molar-refractivity contribution in [3.63, 3.8) is 0 Å². The van der Waals surface area contributed by atoms with E-state index >= 15 is 0 Å². The molecule has 0 aromatic carbocycles. The van der Waals surface area contributed by atoms with Crippen LogP contribution in [-0.2, 0) is 0 Å². The average molecular weight is 276 g/mol. The van der Waals surface area contributed by atoms with Crippen LogP contribution in [-0.4, -0.2) is 39.1 Å². The number of H-pyrrole nitrogens is 1. The normalized spacial score (nSPS) is 18.8. The van der Waals surface area contributed by atoms with E-state index in [1.54, 1.807) is 0 Å². The first kappa shape index (κ1) is 12.8. The molecule has 3 heterocycles. The molecular weight excluding hydrogens is 256 g/mol. The Morgan fingerprint density at radius 3 is 2.95 bits per heavy atom. The number of likely N-dealkylation sites (tertiary alicyclic amines) is 1. The fraction of sp³-hybridized carbons (Fsp3) is 0.571. The van der Waals surface area contributed by atoms with Crippen molar-refractivity contribution in [3.05, 3.63) is 23.2 Å². The van der Waals surface area contributed by atoms with Gasteiger partial charge in [-0.05, 0) is 51.1 Å². The molecule has 5 heteroatoms. The molecule has 4 nitrogen and oxygen atoms in total. The minimum atomic E-state index is 0.391. The Balaban J connectivity index is 1.86. The number of fused-ring (bicyclic) bond motifs is 1. The molecule has 1 fully saturated rings. The largest absolute Gasteiger partial charge is 0.329 e. The van der Waals surface area contributed by atoms with Gasteiger partial charge in [-0.3, -0.25) is 4.98 Å². The van der Waals surface area contributed by atoms with E-state index in [0.717, 1.165) is 22.3 Å². The van der Waals surface area contributed by atoms with E-state index in [1.807, 2.05) is 18.5 Å². The van der Waals surface area contributed by atoms with Crippen LogP contribution in [0.2, 0.25) is 0 Å². The number of hydrogen-bond donors (Lipinski definition) is 1. The maximum Gasteiger partial charge on any atom is 0.178 e. The van der Waals surface area contributed by atoms with Gasteiger partial charge in [-0.15, -0.1) is 0 Å². The van der Waals surface area contributed by atoms with E-state index in [1.165, 1.54) is 32.4 Å². The number of pyridine rings is 1. The molecule has 1 atom stereocenters. The van der Waals surface area contributed by atoms with Gasteiger partial charge in [0.05, 0.1) is 17.2 Å². The smallest absolute Gasteiger partial charge is 0.178 e. The van der Waals surface area contributed by atoms with Gasteiger partial charge in [-0.25, -0.2) is 0 Å². The maximum atomic E-state index is 5.46. The van der Waals surface area contributed by atoms with Crippen LogP contribution in [0.15, 0.2) is 18.5 Å². The van der Waals surface area contributed by atoms with E-state index in [2.05, 4.69) is 26.4 Å². The van der Waals surface area contributed by atoms with Gasteiger partial charge in [0.15, 0.2) is 4.77 Å². The molecule has 1 saturated heterocycles. The minimum absolute atomic E-state index is 0.391. The lowest BCUT2D eigenvalue weighted by Gasteiger charge is -2.29. The number of nitrogens with one attached hydrogen (secondary N) is 1. The summed E-state index contributed by atoms with van der Waals surface area (Å²) in [5.74, 6) is 0. The second kappa shape index (κ2) is 5.43. The summed E-state index contributed by atoms with van der Waals surface area (Å²) >= 11 is 5.46. The number of imidazole rings is 1. The van der Waals surface area contributed by atoms with E-state index in [-0.39, 0.29) is 0 Å². The van der Waals surface area contributed by atoms with Crippen molar-refractivity contribution in [3.8, 4) is 0 Å². The highest BCUT2D eigenvalue weighted by Gasteiger charge is 2.16. The molecule has 0 bridgehead atoms. The molecule has 2 aromatic rings. The zero-order valence-electron chi connectivity index (χ0n) is 11.3. The summed E-state index contributed by atoms with van der Waals surface area (Å²) in [6.45, 7) is 5.77. The van der Waals surface area contributed by atoms with E-state index in [9.17, 15) is 0 Å². The Kier molecular flexibility index (Phi) is 3.66. The second-order valence-electron chi connectivity index (χ2n) is 5.40. The van der Waals surface area contributed by atoms with Crippen molar-refractivity contribution in [1.82, 2.24) is 19.4 Å². The molecule has 19 heavy (non-hydrogen) atoms. The van der Waals surface area contributed by atoms with Crippen molar-refractivity contribution < 1.29 is 0 Å². The summed E-state index contributed by atoms with van der Waals surface area (Å²) in [4.78, 5) is 9.93. The zero-order chi connectivity index (χ0) is 13.2. The average Bonchev–Trinajstić information content (AvgIpc) is 2.75. The Bertz CT molecular complexity index is 609. The van der Waals surface area contributed by atoms with Gasteiger partial charge in [0.25, 0.3) is 0 Å². The molecule has 1 aliphatic heterocycles. The molecule has 1 N–H and O–H groups in total. The molecule has 2 aromatic heterocycles. The highest BCUT2D eigenvalue weighted by Crippen LogP contribution is 2.20. The van der Waals surface area contributed by atoms with E-state index < -0.39 is 0 Å². The summed E-state index contributed by atoms with van der Waals surface area (Å²) in [5.41, 5.74) is 2.18. The second-order valence-corrected chi connectivity index (χ2v) is 5.79. The highest BCUT2D eigenvalue weighted by atomic mass is 32.1. The van der Waals surface area contributed by atoms with Gasteiger partial charge in [0.2, 0.25) is 0 Å². The Labute approximate surface area is 118 Å². The Morgan fingerprint density at radius 2 is 2.16 bits per heavy atom. The SMILES string of the molecule is CC(CN1CCCCC1)n1c(=S)[nH]c2cnccc21. The lowest BCUT2D eigenvalue weighted by Crippen LogP contribution is -2.34. The van der Waals surface area contributed by atoms with Crippen molar-refractivity contribution in [2.24, 2.45) is 0 Å². The number of piperidine rings is 1. The fourth-order valence-electron chi connectivity index (χ4n) is 3.01. The van der Waals surface area contributed by atoms with E-state index in [4.69, 9.17) is 12.2 Å². The third-order valence-electron chi connectivity index (χ3n) is 3.93. The number of aromatic nitrogens is 3. The molecule has 1 aliphatic rings. The Hall–Kier alpha value is -1.20. The topological polar surface area (TPSA) is 36.9 Å². The summed E-state index contributed by atoms with van der Waals surface area (Å²) in [7, 11) is 0. The highest BCUT2D eigenvalue weighted by molar-refractivity contribution is 7.71. The zero-order valence-corrected chi connectivity index (χ0v) is 12.1.